The lowest BCUT2D eigenvalue weighted by atomic mass is 9.12. The maximum Gasteiger partial charge on any atom is 0.416 e. The minimum absolute atomic E-state index is 0.654. The number of benzene rings is 5. The van der Waals surface area contributed by atoms with Crippen LogP contribution in [0, 0.1) is 0 Å². The lowest BCUT2D eigenvalue weighted by molar-refractivity contribution is -0.688. The van der Waals surface area contributed by atoms with Crippen LogP contribution in [0.5, 0.6) is 0 Å². The molecule has 74 heavy (non-hydrogen) atoms. The molecule has 1 heterocycles. The van der Waals surface area contributed by atoms with Crippen molar-refractivity contribution in [3.63, 3.8) is 0 Å². The van der Waals surface area contributed by atoms with Crippen molar-refractivity contribution >= 4 is 28.0 Å². The van der Waals surface area contributed by atoms with Crippen molar-refractivity contribution in [3.8, 4) is 0 Å². The van der Waals surface area contributed by atoms with Gasteiger partial charge < -0.3 is 0 Å². The molecule has 0 spiro atoms. The second-order valence-electron chi connectivity index (χ2n) is 16.8. The maximum absolute atomic E-state index is 14.2. The smallest absolute Gasteiger partial charge is 0.201 e. The molecule has 1 nitrogen and oxygen atoms in total. The number of halogens is 24. The molecule has 0 fully saturated rings. The van der Waals surface area contributed by atoms with E-state index < -0.39 is 195 Å². The maximum atomic E-state index is 14.2. The Labute approximate surface area is 403 Å². The van der Waals surface area contributed by atoms with Crippen LogP contribution in [0.2, 0.25) is 0 Å². The molecule has 0 amide bonds. The van der Waals surface area contributed by atoms with E-state index in [1.807, 2.05) is 0 Å². The van der Waals surface area contributed by atoms with Gasteiger partial charge in [-0.3, -0.25) is 0 Å². The summed E-state index contributed by atoms with van der Waals surface area (Å²) in [7, 11) is 0. The van der Waals surface area contributed by atoms with Gasteiger partial charge in [0.15, 0.2) is 18.9 Å². The Balaban J connectivity index is 0.000000500. The lowest BCUT2D eigenvalue weighted by Crippen LogP contribution is -2.75. The highest BCUT2D eigenvalue weighted by molar-refractivity contribution is 7.20. The summed E-state index contributed by atoms with van der Waals surface area (Å²) in [6, 6.07) is 6.21. The quantitative estimate of drug-likeness (QED) is 0.0812. The van der Waals surface area contributed by atoms with Crippen molar-refractivity contribution in [3.05, 3.63) is 183 Å². The van der Waals surface area contributed by atoms with Crippen molar-refractivity contribution in [2.75, 3.05) is 0 Å². The van der Waals surface area contributed by atoms with Gasteiger partial charge in [-0.25, -0.2) is 4.57 Å². The molecule has 0 aliphatic rings. The predicted molar refractivity (Wildman–Crippen MR) is 221 cm³/mol. The first-order valence-corrected chi connectivity index (χ1v) is 20.9. The summed E-state index contributed by atoms with van der Waals surface area (Å²) in [5, 5.41) is 0. The molecular weight excluding hydrogens is 1060 g/mol. The van der Waals surface area contributed by atoms with Crippen molar-refractivity contribution < 1.29 is 110 Å². The van der Waals surface area contributed by atoms with E-state index >= 15 is 0 Å². The van der Waals surface area contributed by atoms with E-state index in [1.54, 1.807) is 0 Å². The van der Waals surface area contributed by atoms with Gasteiger partial charge in [0.2, 0.25) is 0 Å². The first-order chi connectivity index (χ1) is 33.6. The molecule has 0 saturated heterocycles. The SMILES string of the molecule is CCC(C)c1cc[n+](Cc2ccccc2)cc1.FC(F)(F)c1cc([B-](c2cc(C(F)(F)F)cc(C(F)(F)F)c2)(c2cc(C(F)(F)F)cc(C(F)(F)F)c2)c2cc(C(F)(F)F)cc(C(F)(F)F)c2)cc(C(F)(F)F)c1. The van der Waals surface area contributed by atoms with Gasteiger partial charge in [-0.05, 0) is 42.2 Å². The molecule has 400 valence electrons. The molecule has 26 heteroatoms. The van der Waals surface area contributed by atoms with Crippen LogP contribution in [0.1, 0.15) is 81.8 Å². The van der Waals surface area contributed by atoms with E-state index in [4.69, 9.17) is 0 Å². The summed E-state index contributed by atoms with van der Waals surface area (Å²) in [4.78, 5) is 0. The molecule has 0 aliphatic heterocycles. The molecule has 0 N–H and O–H groups in total. The summed E-state index contributed by atoms with van der Waals surface area (Å²) in [6.45, 7) is 5.45. The second kappa shape index (κ2) is 20.4. The van der Waals surface area contributed by atoms with Gasteiger partial charge in [-0.2, -0.15) is 127 Å². The van der Waals surface area contributed by atoms with Crippen LogP contribution < -0.4 is 26.4 Å². The molecule has 0 aliphatic carbocycles. The topological polar surface area (TPSA) is 3.88 Å². The average molecular weight is 1090 g/mol. The fraction of sp³-hybridized carbons (Fsp3) is 0.271. The van der Waals surface area contributed by atoms with Crippen molar-refractivity contribution in [2.24, 2.45) is 0 Å². The molecule has 6 rings (SSSR count). The third-order valence-corrected chi connectivity index (χ3v) is 11.7. The number of aromatic nitrogens is 1. The van der Waals surface area contributed by atoms with E-state index in [1.165, 1.54) is 17.5 Å². The van der Waals surface area contributed by atoms with E-state index in [2.05, 4.69) is 73.3 Å². The second-order valence-corrected chi connectivity index (χ2v) is 16.8. The van der Waals surface area contributed by atoms with Crippen molar-refractivity contribution in [2.45, 2.75) is 82.1 Å². The highest BCUT2D eigenvalue weighted by atomic mass is 19.4. The Morgan fingerprint density at radius 3 is 0.784 bits per heavy atom. The summed E-state index contributed by atoms with van der Waals surface area (Å²) >= 11 is 0. The van der Waals surface area contributed by atoms with Crippen LogP contribution in [0.3, 0.4) is 0 Å². The summed E-state index contributed by atoms with van der Waals surface area (Å²) in [5.74, 6) is 0.654. The van der Waals surface area contributed by atoms with Crippen molar-refractivity contribution in [1.82, 2.24) is 0 Å². The van der Waals surface area contributed by atoms with Crippen LogP contribution in [0.25, 0.3) is 0 Å². The zero-order chi connectivity index (χ0) is 56.0. The van der Waals surface area contributed by atoms with Gasteiger partial charge in [0, 0.05) is 17.7 Å². The molecule has 0 saturated carbocycles. The van der Waals surface area contributed by atoms with Gasteiger partial charge in [0.05, 0.1) is 44.5 Å². The summed E-state index contributed by atoms with van der Waals surface area (Å²) < 4.78 is 343. The van der Waals surface area contributed by atoms with Gasteiger partial charge in [-0.15, -0.1) is 0 Å². The fourth-order valence-electron chi connectivity index (χ4n) is 8.00. The highest BCUT2D eigenvalue weighted by Gasteiger charge is 2.47. The Kier molecular flexibility index (Phi) is 16.1. The number of pyridine rings is 1. The summed E-state index contributed by atoms with van der Waals surface area (Å²) in [5.41, 5.74) is -27.4. The average Bonchev–Trinajstić information content (AvgIpc) is 3.27. The molecule has 6 aromatic rings. The summed E-state index contributed by atoms with van der Waals surface area (Å²) in [6.07, 6.45) is -49.3. The Morgan fingerprint density at radius 2 is 0.581 bits per heavy atom. The largest absolute Gasteiger partial charge is 0.416 e. The van der Waals surface area contributed by atoms with E-state index in [9.17, 15) is 105 Å². The number of hydrogen-bond donors (Lipinski definition) is 0. The molecule has 0 bridgehead atoms. The highest BCUT2D eigenvalue weighted by Crippen LogP contribution is 2.41. The number of hydrogen-bond acceptors (Lipinski definition) is 0. The number of alkyl halides is 24. The molecule has 1 unspecified atom stereocenters. The Hall–Kier alpha value is -6.37. The zero-order valence-electron chi connectivity index (χ0n) is 37.2. The minimum atomic E-state index is -6.13. The molecule has 5 aromatic carbocycles. The first-order valence-electron chi connectivity index (χ1n) is 20.9. The van der Waals surface area contributed by atoms with E-state index in [0.29, 0.717) is 5.92 Å². The molecule has 1 atom stereocenters. The lowest BCUT2D eigenvalue weighted by Gasteiger charge is -2.46. The normalized spacial score (nSPS) is 13.9. The van der Waals surface area contributed by atoms with Gasteiger partial charge >= 0.3 is 49.4 Å². The van der Waals surface area contributed by atoms with Crippen LogP contribution in [-0.2, 0) is 56.0 Å². The monoisotopic (exact) mass is 1090 g/mol. The van der Waals surface area contributed by atoms with Gasteiger partial charge in [0.1, 0.15) is 6.15 Å². The van der Waals surface area contributed by atoms with Crippen LogP contribution in [-0.4, -0.2) is 6.15 Å². The fourth-order valence-corrected chi connectivity index (χ4v) is 8.00. The minimum Gasteiger partial charge on any atom is -0.201 e. The standard InChI is InChI=1S/C32H12BF24.C16H20N/c34-25(35,36)13-1-14(26(37,38)39)6-21(5-13)33(22-7-15(27(40,41)42)2-16(8-22)28(43,44)45,23-9-17(29(46,47)48)3-18(10-23)30(49,50)51)24-11-19(31(52,53)54)4-20(12-24)32(55,56)57;1-3-14(2)16-9-11-17(12-10-16)13-15-7-5-4-6-8-15/h1-12H;4-12,14H,3,13H2,1-2H3/q-1;+1. The van der Waals surface area contributed by atoms with Crippen molar-refractivity contribution in [1.29, 1.82) is 0 Å². The Bertz CT molecular complexity index is 2460. The third-order valence-electron chi connectivity index (χ3n) is 11.7. The number of nitrogens with zero attached hydrogens (tertiary/aromatic N) is 1. The van der Waals surface area contributed by atoms with E-state index in [-0.39, 0.29) is 0 Å². The Morgan fingerprint density at radius 1 is 0.351 bits per heavy atom. The third kappa shape index (κ3) is 13.7. The van der Waals surface area contributed by atoms with Crippen LogP contribution in [0.15, 0.2) is 128 Å². The van der Waals surface area contributed by atoms with Crippen LogP contribution >= 0.6 is 0 Å². The molecular formula is C48H32BF24N. The number of rotatable bonds is 8. The van der Waals surface area contributed by atoms with E-state index in [0.717, 1.165) is 6.54 Å². The predicted octanol–water partition coefficient (Wildman–Crippen LogP) is 14.8. The van der Waals surface area contributed by atoms with Gasteiger partial charge in [-0.1, -0.05) is 92.7 Å². The molecule has 1 aromatic heterocycles. The van der Waals surface area contributed by atoms with Crippen LogP contribution in [0.4, 0.5) is 105 Å². The van der Waals surface area contributed by atoms with Gasteiger partial charge in [0.25, 0.3) is 0 Å². The zero-order valence-corrected chi connectivity index (χ0v) is 37.2. The molecule has 0 radical (unpaired) electrons. The first kappa shape index (κ1) is 58.5.